The smallest absolute Gasteiger partial charge is 0.117 e. The van der Waals surface area contributed by atoms with Gasteiger partial charge in [0.1, 0.15) is 5.75 Å². The summed E-state index contributed by atoms with van der Waals surface area (Å²) in [7, 11) is 0. The molecule has 1 aromatic carbocycles. The van der Waals surface area contributed by atoms with Crippen molar-refractivity contribution in [3.05, 3.63) is 23.8 Å². The van der Waals surface area contributed by atoms with Gasteiger partial charge < -0.3 is 10.4 Å². The van der Waals surface area contributed by atoms with Crippen molar-refractivity contribution in [1.29, 1.82) is 0 Å². The summed E-state index contributed by atoms with van der Waals surface area (Å²) in [6.45, 7) is 7.53. The monoisotopic (exact) mass is 220 g/mol. The molecule has 2 N–H and O–H groups in total. The molecule has 3 nitrogen and oxygen atoms in total. The summed E-state index contributed by atoms with van der Waals surface area (Å²) in [4.78, 5) is 2.47. The van der Waals surface area contributed by atoms with Crippen LogP contribution in [0.2, 0.25) is 0 Å². The SMILES string of the molecule is CCN(CC)C1CCNc2cc(O)ccc21. The number of hydrogen-bond acceptors (Lipinski definition) is 3. The summed E-state index contributed by atoms with van der Waals surface area (Å²) in [5.41, 5.74) is 2.40. The summed E-state index contributed by atoms with van der Waals surface area (Å²) in [6, 6.07) is 6.14. The van der Waals surface area contributed by atoms with Gasteiger partial charge in [-0.2, -0.15) is 0 Å². The van der Waals surface area contributed by atoms with Gasteiger partial charge in [-0.25, -0.2) is 0 Å². The number of phenolic OH excluding ortho intramolecular Hbond substituents is 1. The number of rotatable bonds is 3. The van der Waals surface area contributed by atoms with Crippen LogP contribution in [-0.2, 0) is 0 Å². The molecule has 1 aliphatic rings. The molecule has 0 radical (unpaired) electrons. The fraction of sp³-hybridized carbons (Fsp3) is 0.538. The second-order valence-electron chi connectivity index (χ2n) is 4.22. The molecule has 2 rings (SSSR count). The van der Waals surface area contributed by atoms with Crippen LogP contribution in [0.5, 0.6) is 5.75 Å². The fourth-order valence-electron chi connectivity index (χ4n) is 2.53. The Labute approximate surface area is 97.1 Å². The predicted molar refractivity (Wildman–Crippen MR) is 66.9 cm³/mol. The molecule has 0 saturated carbocycles. The van der Waals surface area contributed by atoms with Gasteiger partial charge in [-0.1, -0.05) is 19.9 Å². The van der Waals surface area contributed by atoms with Crippen LogP contribution in [-0.4, -0.2) is 29.6 Å². The zero-order valence-electron chi connectivity index (χ0n) is 10.0. The van der Waals surface area contributed by atoms with Gasteiger partial charge in [0, 0.05) is 24.3 Å². The van der Waals surface area contributed by atoms with Crippen LogP contribution in [0, 0.1) is 0 Å². The third-order valence-electron chi connectivity index (χ3n) is 3.38. The van der Waals surface area contributed by atoms with E-state index in [-0.39, 0.29) is 0 Å². The van der Waals surface area contributed by atoms with E-state index in [2.05, 4.69) is 24.1 Å². The van der Waals surface area contributed by atoms with E-state index >= 15 is 0 Å². The van der Waals surface area contributed by atoms with Gasteiger partial charge in [0.05, 0.1) is 0 Å². The van der Waals surface area contributed by atoms with Crippen molar-refractivity contribution in [2.24, 2.45) is 0 Å². The molecule has 0 saturated heterocycles. The number of anilines is 1. The molecular weight excluding hydrogens is 200 g/mol. The lowest BCUT2D eigenvalue weighted by Crippen LogP contribution is -2.32. The van der Waals surface area contributed by atoms with Gasteiger partial charge >= 0.3 is 0 Å². The second kappa shape index (κ2) is 4.74. The van der Waals surface area contributed by atoms with Crippen molar-refractivity contribution in [2.75, 3.05) is 25.0 Å². The maximum atomic E-state index is 9.47. The normalized spacial score (nSPS) is 19.3. The van der Waals surface area contributed by atoms with Crippen LogP contribution in [0.3, 0.4) is 0 Å². The number of nitrogens with zero attached hydrogens (tertiary/aromatic N) is 1. The fourth-order valence-corrected chi connectivity index (χ4v) is 2.53. The number of fused-ring (bicyclic) bond motifs is 1. The standard InChI is InChI=1S/C13H20N2O/c1-3-15(4-2)13-7-8-14-12-9-10(16)5-6-11(12)13/h5-6,9,13-14,16H,3-4,7-8H2,1-2H3. The largest absolute Gasteiger partial charge is 0.508 e. The van der Waals surface area contributed by atoms with E-state index in [1.54, 1.807) is 6.07 Å². The van der Waals surface area contributed by atoms with Gasteiger partial charge in [-0.05, 0) is 31.1 Å². The van der Waals surface area contributed by atoms with Crippen LogP contribution in [0.1, 0.15) is 31.9 Å². The third-order valence-corrected chi connectivity index (χ3v) is 3.38. The molecule has 0 fully saturated rings. The second-order valence-corrected chi connectivity index (χ2v) is 4.22. The average molecular weight is 220 g/mol. The Hall–Kier alpha value is -1.22. The number of benzene rings is 1. The van der Waals surface area contributed by atoms with Crippen LogP contribution >= 0.6 is 0 Å². The number of hydrogen-bond donors (Lipinski definition) is 2. The van der Waals surface area contributed by atoms with Crippen LogP contribution < -0.4 is 5.32 Å². The van der Waals surface area contributed by atoms with Crippen molar-refractivity contribution in [2.45, 2.75) is 26.3 Å². The lowest BCUT2D eigenvalue weighted by Gasteiger charge is -2.35. The Morgan fingerprint density at radius 3 is 2.81 bits per heavy atom. The first kappa shape index (κ1) is 11.3. The zero-order valence-corrected chi connectivity index (χ0v) is 10.0. The molecule has 1 atom stereocenters. The highest BCUT2D eigenvalue weighted by Crippen LogP contribution is 2.35. The minimum Gasteiger partial charge on any atom is -0.508 e. The molecule has 3 heteroatoms. The van der Waals surface area contributed by atoms with Crippen molar-refractivity contribution in [3.63, 3.8) is 0 Å². The van der Waals surface area contributed by atoms with E-state index in [4.69, 9.17) is 0 Å². The first-order valence-corrected chi connectivity index (χ1v) is 6.07. The summed E-state index contributed by atoms with van der Waals surface area (Å²) in [6.07, 6.45) is 1.14. The molecule has 0 aliphatic carbocycles. The molecule has 16 heavy (non-hydrogen) atoms. The lowest BCUT2D eigenvalue weighted by atomic mass is 9.96. The highest BCUT2D eigenvalue weighted by Gasteiger charge is 2.24. The molecule has 1 unspecified atom stereocenters. The van der Waals surface area contributed by atoms with Gasteiger partial charge in [0.25, 0.3) is 0 Å². The maximum Gasteiger partial charge on any atom is 0.117 e. The Balaban J connectivity index is 2.32. The van der Waals surface area contributed by atoms with E-state index in [1.807, 2.05) is 12.1 Å². The van der Waals surface area contributed by atoms with E-state index in [1.165, 1.54) is 5.56 Å². The molecule has 88 valence electrons. The summed E-state index contributed by atoms with van der Waals surface area (Å²) in [5, 5.41) is 12.8. The average Bonchev–Trinajstić information content (AvgIpc) is 2.30. The van der Waals surface area contributed by atoms with Crippen molar-refractivity contribution < 1.29 is 5.11 Å². The first-order valence-electron chi connectivity index (χ1n) is 6.07. The Bertz CT molecular complexity index is 361. The molecule has 0 amide bonds. The zero-order chi connectivity index (χ0) is 11.5. The molecular formula is C13H20N2O. The maximum absolute atomic E-state index is 9.47. The Morgan fingerprint density at radius 1 is 1.38 bits per heavy atom. The predicted octanol–water partition coefficient (Wildman–Crippen LogP) is 2.59. The highest BCUT2D eigenvalue weighted by atomic mass is 16.3. The van der Waals surface area contributed by atoms with E-state index in [9.17, 15) is 5.11 Å². The quantitative estimate of drug-likeness (QED) is 0.822. The van der Waals surface area contributed by atoms with Gasteiger partial charge in [0.2, 0.25) is 0 Å². The van der Waals surface area contributed by atoms with Crippen molar-refractivity contribution in [3.8, 4) is 5.75 Å². The molecule has 1 aromatic rings. The van der Waals surface area contributed by atoms with Crippen LogP contribution in [0.15, 0.2) is 18.2 Å². The number of aromatic hydroxyl groups is 1. The molecule has 0 aromatic heterocycles. The minimum absolute atomic E-state index is 0.339. The van der Waals surface area contributed by atoms with Gasteiger partial charge in [-0.3, -0.25) is 4.90 Å². The van der Waals surface area contributed by atoms with E-state index < -0.39 is 0 Å². The van der Waals surface area contributed by atoms with Gasteiger partial charge in [-0.15, -0.1) is 0 Å². The minimum atomic E-state index is 0.339. The number of nitrogens with one attached hydrogen (secondary N) is 1. The van der Waals surface area contributed by atoms with Crippen molar-refractivity contribution >= 4 is 5.69 Å². The Morgan fingerprint density at radius 2 is 2.12 bits per heavy atom. The lowest BCUT2D eigenvalue weighted by molar-refractivity contribution is 0.208. The third kappa shape index (κ3) is 2.00. The van der Waals surface area contributed by atoms with Gasteiger partial charge in [0.15, 0.2) is 0 Å². The van der Waals surface area contributed by atoms with E-state index in [0.29, 0.717) is 11.8 Å². The van der Waals surface area contributed by atoms with Crippen LogP contribution in [0.4, 0.5) is 5.69 Å². The highest BCUT2D eigenvalue weighted by molar-refractivity contribution is 5.57. The van der Waals surface area contributed by atoms with Crippen molar-refractivity contribution in [1.82, 2.24) is 4.90 Å². The Kier molecular flexibility index (Phi) is 3.34. The summed E-state index contributed by atoms with van der Waals surface area (Å²) in [5.74, 6) is 0.339. The summed E-state index contributed by atoms with van der Waals surface area (Å²) < 4.78 is 0. The molecule has 1 heterocycles. The topological polar surface area (TPSA) is 35.5 Å². The molecule has 0 spiro atoms. The first-order chi connectivity index (χ1) is 7.76. The number of phenols is 1. The summed E-state index contributed by atoms with van der Waals surface area (Å²) >= 11 is 0. The molecule has 1 aliphatic heterocycles. The van der Waals surface area contributed by atoms with Crippen LogP contribution in [0.25, 0.3) is 0 Å². The van der Waals surface area contributed by atoms with E-state index in [0.717, 1.165) is 31.7 Å². The molecule has 0 bridgehead atoms.